The summed E-state index contributed by atoms with van der Waals surface area (Å²) in [5, 5.41) is 3.62. The molecule has 1 fully saturated rings. The van der Waals surface area contributed by atoms with Gasteiger partial charge in [0.15, 0.2) is 0 Å². The minimum atomic E-state index is 0.317. The summed E-state index contributed by atoms with van der Waals surface area (Å²) in [7, 11) is 0. The Morgan fingerprint density at radius 2 is 2.20 bits per heavy atom. The Kier molecular flexibility index (Phi) is 5.58. The normalized spacial score (nSPS) is 21.9. The number of rotatable bonds is 5. The van der Waals surface area contributed by atoms with Gasteiger partial charge in [0.1, 0.15) is 0 Å². The van der Waals surface area contributed by atoms with Crippen LogP contribution in [0, 0.1) is 13.8 Å². The lowest BCUT2D eigenvalue weighted by Crippen LogP contribution is -2.46. The Labute approximate surface area is 123 Å². The van der Waals surface area contributed by atoms with E-state index in [2.05, 4.69) is 56.1 Å². The van der Waals surface area contributed by atoms with Gasteiger partial charge in [0.2, 0.25) is 0 Å². The fraction of sp³-hybridized carbons (Fsp3) is 0.647. The highest BCUT2D eigenvalue weighted by molar-refractivity contribution is 5.32. The summed E-state index contributed by atoms with van der Waals surface area (Å²) in [6, 6.07) is 7.05. The number of nitrogens with zero attached hydrogens (tertiary/aromatic N) is 1. The number of hydrogen-bond acceptors (Lipinski definition) is 3. The number of hydrogen-bond donors (Lipinski definition) is 1. The minimum Gasteiger partial charge on any atom is -0.374 e. The van der Waals surface area contributed by atoms with Crippen molar-refractivity contribution in [3.63, 3.8) is 0 Å². The monoisotopic (exact) mass is 276 g/mol. The van der Waals surface area contributed by atoms with Gasteiger partial charge in [-0.15, -0.1) is 0 Å². The van der Waals surface area contributed by atoms with Gasteiger partial charge >= 0.3 is 0 Å². The van der Waals surface area contributed by atoms with Gasteiger partial charge in [0.05, 0.1) is 12.7 Å². The van der Waals surface area contributed by atoms with Crippen LogP contribution in [0.15, 0.2) is 18.2 Å². The number of ether oxygens (including phenoxy) is 1. The quantitative estimate of drug-likeness (QED) is 0.895. The highest BCUT2D eigenvalue weighted by atomic mass is 16.5. The molecule has 1 aromatic rings. The average Bonchev–Trinajstić information content (AvgIpc) is 2.45. The molecule has 112 valence electrons. The fourth-order valence-corrected chi connectivity index (χ4v) is 2.92. The van der Waals surface area contributed by atoms with Crippen molar-refractivity contribution >= 4 is 0 Å². The lowest BCUT2D eigenvalue weighted by Gasteiger charge is -2.33. The first-order chi connectivity index (χ1) is 9.60. The molecule has 0 aliphatic carbocycles. The van der Waals surface area contributed by atoms with Gasteiger partial charge in [-0.05, 0) is 38.4 Å². The van der Waals surface area contributed by atoms with E-state index in [1.165, 1.54) is 16.7 Å². The molecule has 0 amide bonds. The number of likely N-dealkylation sites (N-methyl/N-ethyl adjacent to an activating group) is 1. The molecular formula is C17H28N2O. The second kappa shape index (κ2) is 7.21. The van der Waals surface area contributed by atoms with E-state index < -0.39 is 0 Å². The van der Waals surface area contributed by atoms with Crippen LogP contribution < -0.4 is 5.32 Å². The molecule has 0 aromatic heterocycles. The molecule has 1 aromatic carbocycles. The van der Waals surface area contributed by atoms with Crippen molar-refractivity contribution in [1.29, 1.82) is 0 Å². The topological polar surface area (TPSA) is 24.5 Å². The van der Waals surface area contributed by atoms with Gasteiger partial charge in [-0.2, -0.15) is 0 Å². The molecule has 1 N–H and O–H groups in total. The van der Waals surface area contributed by atoms with Gasteiger partial charge in [-0.3, -0.25) is 4.90 Å². The third-order valence-electron chi connectivity index (χ3n) is 4.21. The third kappa shape index (κ3) is 4.05. The van der Waals surface area contributed by atoms with Crippen LogP contribution in [0.2, 0.25) is 0 Å². The van der Waals surface area contributed by atoms with E-state index in [9.17, 15) is 0 Å². The highest BCUT2D eigenvalue weighted by Crippen LogP contribution is 2.18. The Balaban J connectivity index is 1.86. The van der Waals surface area contributed by atoms with E-state index in [0.717, 1.165) is 32.8 Å². The van der Waals surface area contributed by atoms with Gasteiger partial charge in [-0.1, -0.05) is 30.7 Å². The van der Waals surface area contributed by atoms with Crippen LogP contribution in [-0.4, -0.2) is 43.8 Å². The number of benzene rings is 1. The first kappa shape index (κ1) is 15.5. The van der Waals surface area contributed by atoms with Crippen LogP contribution in [0.1, 0.15) is 36.6 Å². The summed E-state index contributed by atoms with van der Waals surface area (Å²) in [6.45, 7) is 13.8. The first-order valence-corrected chi connectivity index (χ1v) is 7.74. The SMILES string of the molecule is CCN1CCOC(CNC(C)c2ccc(C)cc2C)C1. The molecule has 20 heavy (non-hydrogen) atoms. The van der Waals surface area contributed by atoms with E-state index in [0.29, 0.717) is 12.1 Å². The standard InChI is InChI=1S/C17H28N2O/c1-5-19-8-9-20-16(12-19)11-18-15(4)17-7-6-13(2)10-14(17)3/h6-7,10,15-16,18H,5,8-9,11-12H2,1-4H3. The smallest absolute Gasteiger partial charge is 0.0826 e. The maximum Gasteiger partial charge on any atom is 0.0826 e. The fourth-order valence-electron chi connectivity index (χ4n) is 2.92. The van der Waals surface area contributed by atoms with Crippen molar-refractivity contribution in [1.82, 2.24) is 10.2 Å². The predicted molar refractivity (Wildman–Crippen MR) is 84.2 cm³/mol. The average molecular weight is 276 g/mol. The van der Waals surface area contributed by atoms with Crippen LogP contribution in [-0.2, 0) is 4.74 Å². The molecule has 1 heterocycles. The molecule has 0 spiro atoms. The van der Waals surface area contributed by atoms with Crippen molar-refractivity contribution in [2.45, 2.75) is 39.8 Å². The Morgan fingerprint density at radius 1 is 1.40 bits per heavy atom. The third-order valence-corrected chi connectivity index (χ3v) is 4.21. The molecule has 2 atom stereocenters. The predicted octanol–water partition coefficient (Wildman–Crippen LogP) is 2.67. The second-order valence-corrected chi connectivity index (χ2v) is 5.88. The number of morpholine rings is 1. The molecule has 2 unspecified atom stereocenters. The molecule has 0 saturated carbocycles. The molecule has 0 bridgehead atoms. The maximum absolute atomic E-state index is 5.84. The van der Waals surface area contributed by atoms with E-state index >= 15 is 0 Å². The van der Waals surface area contributed by atoms with E-state index in [-0.39, 0.29) is 0 Å². The lowest BCUT2D eigenvalue weighted by molar-refractivity contribution is -0.0262. The molecule has 2 rings (SSSR count). The zero-order valence-electron chi connectivity index (χ0n) is 13.3. The van der Waals surface area contributed by atoms with E-state index in [1.807, 2.05) is 0 Å². The van der Waals surface area contributed by atoms with Crippen LogP contribution in [0.4, 0.5) is 0 Å². The van der Waals surface area contributed by atoms with Crippen molar-refractivity contribution < 1.29 is 4.74 Å². The molecule has 1 saturated heterocycles. The zero-order valence-corrected chi connectivity index (χ0v) is 13.3. The summed E-state index contributed by atoms with van der Waals surface area (Å²) >= 11 is 0. The number of aryl methyl sites for hydroxylation is 2. The largest absolute Gasteiger partial charge is 0.374 e. The summed E-state index contributed by atoms with van der Waals surface area (Å²) in [4.78, 5) is 2.46. The van der Waals surface area contributed by atoms with Gasteiger partial charge in [0.25, 0.3) is 0 Å². The Morgan fingerprint density at radius 3 is 2.90 bits per heavy atom. The zero-order chi connectivity index (χ0) is 14.5. The molecule has 1 aliphatic heterocycles. The molecular weight excluding hydrogens is 248 g/mol. The number of nitrogens with one attached hydrogen (secondary N) is 1. The van der Waals surface area contributed by atoms with Crippen LogP contribution in [0.25, 0.3) is 0 Å². The summed E-state index contributed by atoms with van der Waals surface area (Å²) in [6.07, 6.45) is 0.317. The van der Waals surface area contributed by atoms with Crippen LogP contribution >= 0.6 is 0 Å². The Bertz CT molecular complexity index is 433. The van der Waals surface area contributed by atoms with Crippen molar-refractivity contribution in [2.75, 3.05) is 32.8 Å². The van der Waals surface area contributed by atoms with Crippen LogP contribution in [0.3, 0.4) is 0 Å². The van der Waals surface area contributed by atoms with Crippen LogP contribution in [0.5, 0.6) is 0 Å². The summed E-state index contributed by atoms with van der Waals surface area (Å²) in [5.41, 5.74) is 4.08. The van der Waals surface area contributed by atoms with Crippen molar-refractivity contribution in [3.05, 3.63) is 34.9 Å². The highest BCUT2D eigenvalue weighted by Gasteiger charge is 2.20. The molecule has 3 nitrogen and oxygen atoms in total. The molecule has 3 heteroatoms. The lowest BCUT2D eigenvalue weighted by atomic mass is 10.00. The van der Waals surface area contributed by atoms with Gasteiger partial charge in [-0.25, -0.2) is 0 Å². The Hall–Kier alpha value is -0.900. The van der Waals surface area contributed by atoms with Gasteiger partial charge in [0, 0.05) is 25.7 Å². The maximum atomic E-state index is 5.84. The van der Waals surface area contributed by atoms with Gasteiger partial charge < -0.3 is 10.1 Å². The first-order valence-electron chi connectivity index (χ1n) is 7.74. The van der Waals surface area contributed by atoms with E-state index in [4.69, 9.17) is 4.74 Å². The second-order valence-electron chi connectivity index (χ2n) is 5.88. The van der Waals surface area contributed by atoms with E-state index in [1.54, 1.807) is 0 Å². The molecule has 0 radical (unpaired) electrons. The minimum absolute atomic E-state index is 0.317. The summed E-state index contributed by atoms with van der Waals surface area (Å²) < 4.78 is 5.84. The van der Waals surface area contributed by atoms with Crippen molar-refractivity contribution in [3.8, 4) is 0 Å². The summed E-state index contributed by atoms with van der Waals surface area (Å²) in [5.74, 6) is 0. The van der Waals surface area contributed by atoms with Crippen molar-refractivity contribution in [2.24, 2.45) is 0 Å². The molecule has 1 aliphatic rings.